The van der Waals surface area contributed by atoms with Crippen molar-refractivity contribution < 1.29 is 14.3 Å². The fourth-order valence-electron chi connectivity index (χ4n) is 3.27. The zero-order valence-corrected chi connectivity index (χ0v) is 21.3. The molecule has 0 aliphatic rings. The summed E-state index contributed by atoms with van der Waals surface area (Å²) in [6, 6.07) is 19.4. The normalized spacial score (nSPS) is 11.0. The van der Waals surface area contributed by atoms with E-state index >= 15 is 0 Å². The van der Waals surface area contributed by atoms with Crippen LogP contribution in [-0.2, 0) is 11.4 Å². The molecule has 0 bridgehead atoms. The molecular weight excluding hydrogens is 492 g/mol. The van der Waals surface area contributed by atoms with Crippen LogP contribution in [0.25, 0.3) is 6.08 Å². The maximum atomic E-state index is 12.8. The number of aryl methyl sites for hydroxylation is 2. The van der Waals surface area contributed by atoms with Gasteiger partial charge >= 0.3 is 0 Å². The fraction of sp³-hybridized carbons (Fsp3) is 0.214. The van der Waals surface area contributed by atoms with Crippen molar-refractivity contribution in [1.29, 1.82) is 5.26 Å². The first-order valence-corrected chi connectivity index (χ1v) is 11.8. The second-order valence-electron chi connectivity index (χ2n) is 7.90. The maximum Gasteiger partial charge on any atom is 0.266 e. The Labute approximate surface area is 209 Å². The van der Waals surface area contributed by atoms with Crippen molar-refractivity contribution in [1.82, 2.24) is 0 Å². The number of halogens is 1. The van der Waals surface area contributed by atoms with Crippen molar-refractivity contribution in [2.75, 3.05) is 11.9 Å². The molecule has 0 unspecified atom stereocenters. The molecule has 1 amide bonds. The van der Waals surface area contributed by atoms with E-state index in [4.69, 9.17) is 9.47 Å². The van der Waals surface area contributed by atoms with Gasteiger partial charge in [0.1, 0.15) is 18.2 Å². The molecule has 0 heterocycles. The van der Waals surface area contributed by atoms with Gasteiger partial charge in [0.05, 0.1) is 6.61 Å². The van der Waals surface area contributed by atoms with Crippen LogP contribution in [-0.4, -0.2) is 12.5 Å². The van der Waals surface area contributed by atoms with Gasteiger partial charge in [0.25, 0.3) is 5.91 Å². The summed E-state index contributed by atoms with van der Waals surface area (Å²) in [5.41, 5.74) is 5.56. The largest absolute Gasteiger partial charge is 0.490 e. The van der Waals surface area contributed by atoms with E-state index in [0.717, 1.165) is 16.7 Å². The van der Waals surface area contributed by atoms with Gasteiger partial charge in [-0.3, -0.25) is 4.79 Å². The number of nitrogens with one attached hydrogen (secondary N) is 1. The molecule has 0 radical (unpaired) electrons. The highest BCUT2D eigenvalue weighted by molar-refractivity contribution is 9.10. The van der Waals surface area contributed by atoms with Crippen LogP contribution in [0.4, 0.5) is 5.69 Å². The highest BCUT2D eigenvalue weighted by Crippen LogP contribution is 2.35. The Bertz CT molecular complexity index is 1260. The molecule has 0 aromatic heterocycles. The van der Waals surface area contributed by atoms with Gasteiger partial charge in [-0.25, -0.2) is 0 Å². The number of nitriles is 1. The van der Waals surface area contributed by atoms with Gasteiger partial charge < -0.3 is 14.8 Å². The minimum Gasteiger partial charge on any atom is -0.490 e. The van der Waals surface area contributed by atoms with Gasteiger partial charge in [-0.15, -0.1) is 0 Å². The summed E-state index contributed by atoms with van der Waals surface area (Å²) in [4.78, 5) is 12.8. The molecule has 34 heavy (non-hydrogen) atoms. The van der Waals surface area contributed by atoms with Gasteiger partial charge in [0, 0.05) is 10.2 Å². The van der Waals surface area contributed by atoms with Crippen LogP contribution in [0.5, 0.6) is 11.5 Å². The molecule has 3 rings (SSSR count). The standard InChI is InChI=1S/C28H27BrN2O3/c1-5-33-26-14-22(24(29)15-27(26)34-17-21-11-9-18(2)10-12-21)13-23(16-30)28(32)31-25-8-6-7-19(3)20(25)4/h6-15H,5,17H2,1-4H3,(H,31,32)/b23-13+. The predicted octanol–water partition coefficient (Wildman–Crippen LogP) is 6.90. The minimum absolute atomic E-state index is 0.0163. The van der Waals surface area contributed by atoms with Crippen LogP contribution in [0.3, 0.4) is 0 Å². The van der Waals surface area contributed by atoms with Crippen molar-refractivity contribution >= 4 is 33.6 Å². The van der Waals surface area contributed by atoms with Gasteiger partial charge in [0.15, 0.2) is 11.5 Å². The summed E-state index contributed by atoms with van der Waals surface area (Å²) in [6.07, 6.45) is 1.54. The number of rotatable bonds is 8. The summed E-state index contributed by atoms with van der Waals surface area (Å²) < 4.78 is 12.5. The Morgan fingerprint density at radius 3 is 2.44 bits per heavy atom. The van der Waals surface area contributed by atoms with E-state index < -0.39 is 5.91 Å². The first-order valence-electron chi connectivity index (χ1n) is 11.0. The SMILES string of the molecule is CCOc1cc(/C=C(\C#N)C(=O)Nc2cccc(C)c2C)c(Br)cc1OCc1ccc(C)cc1. The molecule has 0 aliphatic carbocycles. The van der Waals surface area contributed by atoms with E-state index in [2.05, 4.69) is 21.2 Å². The van der Waals surface area contributed by atoms with Crippen molar-refractivity contribution in [3.8, 4) is 17.6 Å². The van der Waals surface area contributed by atoms with E-state index in [1.165, 1.54) is 11.6 Å². The zero-order valence-electron chi connectivity index (χ0n) is 19.7. The molecule has 3 aromatic carbocycles. The third-order valence-corrected chi connectivity index (χ3v) is 6.08. The number of hydrogen-bond acceptors (Lipinski definition) is 4. The Hall–Kier alpha value is -3.56. The number of benzene rings is 3. The second-order valence-corrected chi connectivity index (χ2v) is 8.75. The lowest BCUT2D eigenvalue weighted by Crippen LogP contribution is -2.14. The van der Waals surface area contributed by atoms with E-state index in [1.807, 2.05) is 76.2 Å². The molecule has 0 fully saturated rings. The Morgan fingerprint density at radius 1 is 1.06 bits per heavy atom. The number of amides is 1. The van der Waals surface area contributed by atoms with E-state index in [-0.39, 0.29) is 5.57 Å². The Balaban J connectivity index is 1.86. The van der Waals surface area contributed by atoms with Crippen LogP contribution >= 0.6 is 15.9 Å². The predicted molar refractivity (Wildman–Crippen MR) is 139 cm³/mol. The van der Waals surface area contributed by atoms with E-state index in [1.54, 1.807) is 12.1 Å². The molecule has 0 atom stereocenters. The smallest absolute Gasteiger partial charge is 0.266 e. The first-order chi connectivity index (χ1) is 16.3. The monoisotopic (exact) mass is 518 g/mol. The zero-order chi connectivity index (χ0) is 24.7. The second kappa shape index (κ2) is 11.5. The summed E-state index contributed by atoms with van der Waals surface area (Å²) in [7, 11) is 0. The molecule has 0 saturated carbocycles. The third-order valence-electron chi connectivity index (χ3n) is 5.40. The fourth-order valence-corrected chi connectivity index (χ4v) is 3.71. The number of carbonyl (C=O) groups excluding carboxylic acids is 1. The lowest BCUT2D eigenvalue weighted by Gasteiger charge is -2.14. The Kier molecular flexibility index (Phi) is 8.50. The van der Waals surface area contributed by atoms with Gasteiger partial charge in [-0.2, -0.15) is 5.26 Å². The van der Waals surface area contributed by atoms with Crippen molar-refractivity contribution in [3.63, 3.8) is 0 Å². The van der Waals surface area contributed by atoms with Crippen LogP contribution in [0, 0.1) is 32.1 Å². The van der Waals surface area contributed by atoms with Crippen molar-refractivity contribution in [2.24, 2.45) is 0 Å². The summed E-state index contributed by atoms with van der Waals surface area (Å²) >= 11 is 3.54. The molecule has 5 nitrogen and oxygen atoms in total. The van der Waals surface area contributed by atoms with Crippen LogP contribution in [0.15, 0.2) is 64.6 Å². The highest BCUT2D eigenvalue weighted by Gasteiger charge is 2.15. The number of nitrogens with zero attached hydrogens (tertiary/aromatic N) is 1. The number of ether oxygens (including phenoxy) is 2. The highest BCUT2D eigenvalue weighted by atomic mass is 79.9. The van der Waals surface area contributed by atoms with Gasteiger partial charge in [0.2, 0.25) is 0 Å². The average molecular weight is 519 g/mol. The van der Waals surface area contributed by atoms with Crippen molar-refractivity contribution in [2.45, 2.75) is 34.3 Å². The molecule has 3 aromatic rings. The molecule has 174 valence electrons. The maximum absolute atomic E-state index is 12.8. The lowest BCUT2D eigenvalue weighted by molar-refractivity contribution is -0.112. The summed E-state index contributed by atoms with van der Waals surface area (Å²) in [5, 5.41) is 12.5. The summed E-state index contributed by atoms with van der Waals surface area (Å²) in [6.45, 7) is 8.67. The molecule has 6 heteroatoms. The number of carbonyl (C=O) groups is 1. The van der Waals surface area contributed by atoms with Gasteiger partial charge in [-0.05, 0) is 74.2 Å². The first kappa shape index (κ1) is 25.1. The Morgan fingerprint density at radius 2 is 1.76 bits per heavy atom. The lowest BCUT2D eigenvalue weighted by atomic mass is 10.1. The minimum atomic E-state index is -0.472. The quantitative estimate of drug-likeness (QED) is 0.260. The number of hydrogen-bond donors (Lipinski definition) is 1. The van der Waals surface area contributed by atoms with E-state index in [0.29, 0.717) is 40.4 Å². The molecule has 0 spiro atoms. The van der Waals surface area contributed by atoms with Crippen molar-refractivity contribution in [3.05, 3.63) is 92.5 Å². The molecule has 0 saturated heterocycles. The van der Waals surface area contributed by atoms with E-state index in [9.17, 15) is 10.1 Å². The molecular formula is C28H27BrN2O3. The molecule has 0 aliphatic heterocycles. The molecule has 1 N–H and O–H groups in total. The topological polar surface area (TPSA) is 71.3 Å². The number of anilines is 1. The van der Waals surface area contributed by atoms with Gasteiger partial charge in [-0.1, -0.05) is 57.9 Å². The van der Waals surface area contributed by atoms with Crippen LogP contribution in [0.1, 0.15) is 34.7 Å². The van der Waals surface area contributed by atoms with Crippen LogP contribution < -0.4 is 14.8 Å². The van der Waals surface area contributed by atoms with Crippen LogP contribution in [0.2, 0.25) is 0 Å². The average Bonchev–Trinajstić information content (AvgIpc) is 2.82. The third kappa shape index (κ3) is 6.27. The summed E-state index contributed by atoms with van der Waals surface area (Å²) in [5.74, 6) is 0.641.